The number of hydrogen-bond acceptors (Lipinski definition) is 7. The van der Waals surface area contributed by atoms with Crippen molar-refractivity contribution < 1.29 is 0 Å². The van der Waals surface area contributed by atoms with E-state index in [-0.39, 0.29) is 5.95 Å². The van der Waals surface area contributed by atoms with Gasteiger partial charge >= 0.3 is 0 Å². The summed E-state index contributed by atoms with van der Waals surface area (Å²) in [6, 6.07) is 0.900. The smallest absolute Gasteiger partial charge is 0.241 e. The number of nitrogens with one attached hydrogen (secondary N) is 1. The van der Waals surface area contributed by atoms with Gasteiger partial charge in [-0.25, -0.2) is 4.98 Å². The van der Waals surface area contributed by atoms with Crippen molar-refractivity contribution in [3.05, 3.63) is 18.7 Å². The van der Waals surface area contributed by atoms with Gasteiger partial charge in [0, 0.05) is 31.0 Å². The van der Waals surface area contributed by atoms with E-state index in [0.29, 0.717) is 24.0 Å². The van der Waals surface area contributed by atoms with E-state index in [4.69, 9.17) is 5.73 Å². The van der Waals surface area contributed by atoms with Gasteiger partial charge in [0.15, 0.2) is 0 Å². The molecule has 8 heteroatoms. The van der Waals surface area contributed by atoms with Gasteiger partial charge in [0.2, 0.25) is 17.8 Å². The van der Waals surface area contributed by atoms with Crippen molar-refractivity contribution in [1.29, 1.82) is 0 Å². The van der Waals surface area contributed by atoms with E-state index < -0.39 is 0 Å². The molecule has 3 rings (SSSR count). The number of rotatable bonds is 3. The van der Waals surface area contributed by atoms with E-state index in [2.05, 4.69) is 44.1 Å². The lowest BCUT2D eigenvalue weighted by atomic mass is 9.99. The fourth-order valence-corrected chi connectivity index (χ4v) is 2.54. The number of piperidine rings is 1. The van der Waals surface area contributed by atoms with Crippen LogP contribution in [0.3, 0.4) is 0 Å². The van der Waals surface area contributed by atoms with Crippen LogP contribution in [-0.2, 0) is 0 Å². The summed E-state index contributed by atoms with van der Waals surface area (Å²) in [5.41, 5.74) is 5.78. The highest BCUT2D eigenvalue weighted by molar-refractivity contribution is 5.36. The van der Waals surface area contributed by atoms with Gasteiger partial charge in [0.25, 0.3) is 0 Å². The number of likely N-dealkylation sites (tertiary alicyclic amines) is 1. The Bertz CT molecular complexity index is 596. The Kier molecular flexibility index (Phi) is 3.70. The molecule has 2 aromatic heterocycles. The molecule has 0 bridgehead atoms. The lowest BCUT2D eigenvalue weighted by molar-refractivity contribution is 0.190. The third kappa shape index (κ3) is 3.10. The van der Waals surface area contributed by atoms with Gasteiger partial charge in [-0.1, -0.05) is 0 Å². The molecule has 21 heavy (non-hydrogen) atoms. The van der Waals surface area contributed by atoms with Crippen molar-refractivity contribution in [2.24, 2.45) is 0 Å². The van der Waals surface area contributed by atoms with Crippen LogP contribution in [0.25, 0.3) is 5.95 Å². The number of imidazole rings is 1. The van der Waals surface area contributed by atoms with Crippen LogP contribution in [0.2, 0.25) is 0 Å². The molecule has 1 aliphatic heterocycles. The van der Waals surface area contributed by atoms with Gasteiger partial charge in [0.1, 0.15) is 6.33 Å². The summed E-state index contributed by atoms with van der Waals surface area (Å²) >= 11 is 0. The maximum atomic E-state index is 5.78. The highest BCUT2D eigenvalue weighted by Gasteiger charge is 2.23. The predicted molar refractivity (Wildman–Crippen MR) is 80.1 cm³/mol. The zero-order valence-electron chi connectivity index (χ0n) is 12.3. The van der Waals surface area contributed by atoms with E-state index in [1.807, 2.05) is 0 Å². The van der Waals surface area contributed by atoms with Crippen molar-refractivity contribution >= 4 is 11.9 Å². The molecule has 0 spiro atoms. The van der Waals surface area contributed by atoms with Crippen molar-refractivity contribution in [3.63, 3.8) is 0 Å². The number of nitrogen functional groups attached to an aromatic ring is 1. The summed E-state index contributed by atoms with van der Waals surface area (Å²) in [6.45, 7) is 3.29. The highest BCUT2D eigenvalue weighted by Crippen LogP contribution is 2.18. The Hall–Kier alpha value is -2.22. The van der Waals surface area contributed by atoms with Crippen LogP contribution in [-0.4, -0.2) is 55.1 Å². The second kappa shape index (κ2) is 5.65. The Morgan fingerprint density at radius 3 is 2.90 bits per heavy atom. The molecule has 8 nitrogen and oxygen atoms in total. The SMILES string of the molecule is CC1CC(Nc2nc(N)nc(-n3ccnc3)n2)CCN1C. The molecule has 0 saturated carbocycles. The summed E-state index contributed by atoms with van der Waals surface area (Å²) in [7, 11) is 2.15. The molecule has 2 aromatic rings. The number of anilines is 2. The van der Waals surface area contributed by atoms with Crippen LogP contribution in [0.15, 0.2) is 18.7 Å². The van der Waals surface area contributed by atoms with E-state index >= 15 is 0 Å². The zero-order chi connectivity index (χ0) is 14.8. The minimum atomic E-state index is 0.206. The first-order valence-corrected chi connectivity index (χ1v) is 7.08. The quantitative estimate of drug-likeness (QED) is 0.850. The van der Waals surface area contributed by atoms with Crippen molar-refractivity contribution in [1.82, 2.24) is 29.4 Å². The van der Waals surface area contributed by atoms with Gasteiger partial charge < -0.3 is 16.0 Å². The van der Waals surface area contributed by atoms with Crippen LogP contribution in [0, 0.1) is 0 Å². The van der Waals surface area contributed by atoms with Gasteiger partial charge in [-0.05, 0) is 26.8 Å². The molecule has 1 saturated heterocycles. The fraction of sp³-hybridized carbons (Fsp3) is 0.538. The van der Waals surface area contributed by atoms with Crippen molar-refractivity contribution in [2.45, 2.75) is 31.8 Å². The molecule has 3 N–H and O–H groups in total. The standard InChI is InChI=1S/C13H20N8/c1-9-7-10(3-5-20(9)2)16-12-17-11(14)18-13(19-12)21-6-4-15-8-21/h4,6,8-10H,3,5,7H2,1-2H3,(H3,14,16,17,18,19). The molecule has 112 valence electrons. The van der Waals surface area contributed by atoms with Gasteiger partial charge in [-0.3, -0.25) is 4.57 Å². The lowest BCUT2D eigenvalue weighted by Crippen LogP contribution is -2.42. The van der Waals surface area contributed by atoms with Crippen LogP contribution < -0.4 is 11.1 Å². The summed E-state index contributed by atoms with van der Waals surface area (Å²) in [5.74, 6) is 1.20. The number of aromatic nitrogens is 5. The molecule has 0 radical (unpaired) electrons. The Morgan fingerprint density at radius 1 is 1.33 bits per heavy atom. The molecule has 2 unspecified atom stereocenters. The maximum absolute atomic E-state index is 5.78. The Morgan fingerprint density at radius 2 is 2.19 bits per heavy atom. The molecule has 0 aliphatic carbocycles. The molecule has 1 aliphatic rings. The summed E-state index contributed by atoms with van der Waals surface area (Å²) in [4.78, 5) is 19.1. The van der Waals surface area contributed by atoms with Crippen molar-refractivity contribution in [2.75, 3.05) is 24.6 Å². The van der Waals surface area contributed by atoms with E-state index in [1.54, 1.807) is 23.3 Å². The first-order chi connectivity index (χ1) is 10.1. The third-order valence-corrected chi connectivity index (χ3v) is 3.92. The molecule has 3 heterocycles. The van der Waals surface area contributed by atoms with Crippen LogP contribution in [0.5, 0.6) is 0 Å². The summed E-state index contributed by atoms with van der Waals surface area (Å²) in [5, 5.41) is 3.37. The summed E-state index contributed by atoms with van der Waals surface area (Å²) in [6.07, 6.45) is 7.20. The van der Waals surface area contributed by atoms with Gasteiger partial charge in [0.05, 0.1) is 0 Å². The number of hydrogen-bond donors (Lipinski definition) is 2. The normalized spacial score (nSPS) is 23.1. The molecule has 0 amide bonds. The number of nitrogens with two attached hydrogens (primary N) is 1. The fourth-order valence-electron chi connectivity index (χ4n) is 2.54. The molecular formula is C13H20N8. The third-order valence-electron chi connectivity index (χ3n) is 3.92. The van der Waals surface area contributed by atoms with Crippen LogP contribution in [0.4, 0.5) is 11.9 Å². The minimum Gasteiger partial charge on any atom is -0.368 e. The lowest BCUT2D eigenvalue weighted by Gasteiger charge is -2.35. The van der Waals surface area contributed by atoms with Crippen LogP contribution >= 0.6 is 0 Å². The molecule has 1 fully saturated rings. The molecule has 0 aromatic carbocycles. The summed E-state index contributed by atoms with van der Waals surface area (Å²) < 4.78 is 1.71. The monoisotopic (exact) mass is 288 g/mol. The van der Waals surface area contributed by atoms with Crippen molar-refractivity contribution in [3.8, 4) is 5.95 Å². The maximum Gasteiger partial charge on any atom is 0.241 e. The van der Waals surface area contributed by atoms with E-state index in [0.717, 1.165) is 19.4 Å². The number of nitrogens with zero attached hydrogens (tertiary/aromatic N) is 6. The van der Waals surface area contributed by atoms with Gasteiger partial charge in [-0.2, -0.15) is 15.0 Å². The second-order valence-electron chi connectivity index (χ2n) is 5.48. The second-order valence-corrected chi connectivity index (χ2v) is 5.48. The Labute approximate surface area is 123 Å². The topological polar surface area (TPSA) is 97.8 Å². The van der Waals surface area contributed by atoms with Crippen LogP contribution in [0.1, 0.15) is 19.8 Å². The average molecular weight is 288 g/mol. The highest BCUT2D eigenvalue weighted by atomic mass is 15.3. The zero-order valence-corrected chi connectivity index (χ0v) is 12.3. The average Bonchev–Trinajstić information content (AvgIpc) is 2.96. The molecular weight excluding hydrogens is 268 g/mol. The van der Waals surface area contributed by atoms with E-state index in [9.17, 15) is 0 Å². The largest absolute Gasteiger partial charge is 0.368 e. The van der Waals surface area contributed by atoms with Gasteiger partial charge in [-0.15, -0.1) is 0 Å². The first kappa shape index (κ1) is 13.7. The van der Waals surface area contributed by atoms with E-state index in [1.165, 1.54) is 0 Å². The predicted octanol–water partition coefficient (Wildman–Crippen LogP) is 0.534. The first-order valence-electron chi connectivity index (χ1n) is 7.08. The minimum absolute atomic E-state index is 0.206. The Balaban J connectivity index is 1.77. The molecule has 2 atom stereocenters.